The van der Waals surface area contributed by atoms with Crippen molar-refractivity contribution in [2.75, 3.05) is 20.3 Å². The molecule has 0 radical (unpaired) electrons. The van der Waals surface area contributed by atoms with E-state index in [1.165, 1.54) is 11.1 Å². The standard InChI is InChI=1S/C25H21FN4O3/c1-30-23(31)25(29-24(30)27,15-5-2-4-14(10-15)17-6-3-9-28-22(17)26)16-7-8-18(20-12-32-20)19(11-16)21-13-33-21/h2-11,20-21H,12-13H2,1H3,(H2,27,29). The van der Waals surface area contributed by atoms with E-state index in [9.17, 15) is 9.18 Å². The Hall–Kier alpha value is -3.62. The highest BCUT2D eigenvalue weighted by Crippen LogP contribution is 2.45. The van der Waals surface area contributed by atoms with Crippen LogP contribution in [0.3, 0.4) is 0 Å². The number of rotatable bonds is 5. The Morgan fingerprint density at radius 2 is 1.76 bits per heavy atom. The summed E-state index contributed by atoms with van der Waals surface area (Å²) in [5.74, 6) is -0.734. The largest absolute Gasteiger partial charge is 0.369 e. The summed E-state index contributed by atoms with van der Waals surface area (Å²) in [6, 6.07) is 16.3. The molecule has 2 fully saturated rings. The van der Waals surface area contributed by atoms with E-state index in [0.717, 1.165) is 11.1 Å². The number of epoxide rings is 2. The second-order valence-corrected chi connectivity index (χ2v) is 8.45. The summed E-state index contributed by atoms with van der Waals surface area (Å²) in [7, 11) is 1.60. The molecule has 0 aliphatic carbocycles. The molecule has 0 bridgehead atoms. The van der Waals surface area contributed by atoms with Gasteiger partial charge >= 0.3 is 0 Å². The highest BCUT2D eigenvalue weighted by molar-refractivity contribution is 6.09. The molecule has 3 atom stereocenters. The van der Waals surface area contributed by atoms with Crippen molar-refractivity contribution in [1.29, 1.82) is 0 Å². The molecule has 2 aromatic carbocycles. The minimum Gasteiger partial charge on any atom is -0.369 e. The van der Waals surface area contributed by atoms with E-state index in [-0.39, 0.29) is 24.1 Å². The second-order valence-electron chi connectivity index (χ2n) is 8.45. The number of hydrogen-bond acceptors (Lipinski definition) is 6. The number of ether oxygens (including phenoxy) is 2. The summed E-state index contributed by atoms with van der Waals surface area (Å²) in [6.07, 6.45) is 1.44. The fraction of sp³-hybridized carbons (Fsp3) is 0.240. The lowest BCUT2D eigenvalue weighted by Gasteiger charge is -2.27. The van der Waals surface area contributed by atoms with Gasteiger partial charge in [-0.2, -0.15) is 4.39 Å². The van der Waals surface area contributed by atoms with Crippen LogP contribution in [0.15, 0.2) is 65.8 Å². The first kappa shape index (κ1) is 20.0. The number of amides is 1. The summed E-state index contributed by atoms with van der Waals surface area (Å²) in [5.41, 5.74) is 9.03. The molecule has 2 saturated heterocycles. The number of hydrogen-bond donors (Lipinski definition) is 1. The molecule has 2 N–H and O–H groups in total. The molecule has 33 heavy (non-hydrogen) atoms. The number of benzene rings is 2. The SMILES string of the molecule is CN1C(=O)C(c2cccc(-c3cccnc3F)c2)(c2ccc(C3CO3)c(C3CO3)c2)N=C1N. The smallest absolute Gasteiger partial charge is 0.266 e. The van der Waals surface area contributed by atoms with E-state index < -0.39 is 11.5 Å². The fourth-order valence-electron chi connectivity index (χ4n) is 4.52. The van der Waals surface area contributed by atoms with Crippen molar-refractivity contribution in [3.8, 4) is 11.1 Å². The molecule has 4 heterocycles. The van der Waals surface area contributed by atoms with Gasteiger partial charge in [0.15, 0.2) is 11.5 Å². The lowest BCUT2D eigenvalue weighted by Crippen LogP contribution is -2.41. The van der Waals surface area contributed by atoms with Crippen molar-refractivity contribution in [2.24, 2.45) is 10.7 Å². The van der Waals surface area contributed by atoms with Gasteiger partial charge in [-0.25, -0.2) is 9.98 Å². The predicted molar refractivity (Wildman–Crippen MR) is 119 cm³/mol. The van der Waals surface area contributed by atoms with Crippen LogP contribution in [0.25, 0.3) is 11.1 Å². The molecule has 8 heteroatoms. The molecular weight excluding hydrogens is 423 g/mol. The quantitative estimate of drug-likeness (QED) is 0.482. The van der Waals surface area contributed by atoms with E-state index in [1.54, 1.807) is 37.4 Å². The molecule has 3 aliphatic heterocycles. The number of guanidine groups is 1. The number of carbonyl (C=O) groups excluding carboxylic acids is 1. The number of aliphatic imine (C=N–C) groups is 1. The Morgan fingerprint density at radius 1 is 1.03 bits per heavy atom. The molecule has 3 unspecified atom stereocenters. The van der Waals surface area contributed by atoms with Gasteiger partial charge in [0.1, 0.15) is 12.2 Å². The Morgan fingerprint density at radius 3 is 2.42 bits per heavy atom. The molecule has 7 nitrogen and oxygen atoms in total. The Bertz CT molecular complexity index is 1320. The van der Waals surface area contributed by atoms with Crippen LogP contribution in [0.1, 0.15) is 34.5 Å². The third-order valence-electron chi connectivity index (χ3n) is 6.46. The first-order valence-electron chi connectivity index (χ1n) is 10.7. The number of nitrogens with zero attached hydrogens (tertiary/aromatic N) is 3. The normalized spacial score (nSPS) is 25.8. The first-order chi connectivity index (χ1) is 16.0. The number of nitrogens with two attached hydrogens (primary N) is 1. The summed E-state index contributed by atoms with van der Waals surface area (Å²) >= 11 is 0. The first-order valence-corrected chi connectivity index (χ1v) is 10.7. The molecule has 0 saturated carbocycles. The monoisotopic (exact) mass is 444 g/mol. The number of halogens is 1. The Kier molecular flexibility index (Phi) is 4.36. The summed E-state index contributed by atoms with van der Waals surface area (Å²) in [6.45, 7) is 1.31. The van der Waals surface area contributed by atoms with Gasteiger partial charge in [-0.15, -0.1) is 0 Å². The van der Waals surface area contributed by atoms with Crippen LogP contribution in [-0.2, 0) is 19.8 Å². The molecular formula is C25H21FN4O3. The highest BCUT2D eigenvalue weighted by atomic mass is 19.1. The number of likely N-dealkylation sites (N-methyl/N-ethyl adjacent to an activating group) is 1. The molecule has 3 aromatic rings. The van der Waals surface area contributed by atoms with Crippen molar-refractivity contribution in [1.82, 2.24) is 9.88 Å². The zero-order valence-electron chi connectivity index (χ0n) is 17.9. The average Bonchev–Trinajstić information content (AvgIpc) is 3.75. The van der Waals surface area contributed by atoms with Gasteiger partial charge in [-0.1, -0.05) is 30.3 Å². The minimum atomic E-state index is -1.39. The van der Waals surface area contributed by atoms with Crippen LogP contribution in [0.2, 0.25) is 0 Å². The van der Waals surface area contributed by atoms with Gasteiger partial charge in [0.05, 0.1) is 13.2 Å². The zero-order valence-corrected chi connectivity index (χ0v) is 17.9. The predicted octanol–water partition coefficient (Wildman–Crippen LogP) is 3.06. The molecule has 0 spiro atoms. The van der Waals surface area contributed by atoms with Crippen LogP contribution < -0.4 is 5.73 Å². The topological polar surface area (TPSA) is 96.6 Å². The molecule has 3 aliphatic rings. The molecule has 1 aromatic heterocycles. The van der Waals surface area contributed by atoms with E-state index in [0.29, 0.717) is 35.5 Å². The Labute approximate surface area is 189 Å². The third-order valence-corrected chi connectivity index (χ3v) is 6.46. The van der Waals surface area contributed by atoms with Crippen molar-refractivity contribution < 1.29 is 18.7 Å². The van der Waals surface area contributed by atoms with Crippen LogP contribution in [0.4, 0.5) is 4.39 Å². The van der Waals surface area contributed by atoms with Gasteiger partial charge in [0, 0.05) is 18.8 Å². The van der Waals surface area contributed by atoms with E-state index in [2.05, 4.69) is 9.98 Å². The van der Waals surface area contributed by atoms with E-state index >= 15 is 0 Å². The maximum Gasteiger partial charge on any atom is 0.266 e. The van der Waals surface area contributed by atoms with Gasteiger partial charge < -0.3 is 15.2 Å². The molecule has 166 valence electrons. The summed E-state index contributed by atoms with van der Waals surface area (Å²) < 4.78 is 25.5. The maximum absolute atomic E-state index is 14.4. The van der Waals surface area contributed by atoms with Gasteiger partial charge in [0.25, 0.3) is 5.91 Å². The second kappa shape index (κ2) is 7.19. The zero-order chi connectivity index (χ0) is 22.7. The minimum absolute atomic E-state index is 0.0208. The fourth-order valence-corrected chi connectivity index (χ4v) is 4.52. The maximum atomic E-state index is 14.4. The van der Waals surface area contributed by atoms with Crippen molar-refractivity contribution >= 4 is 11.9 Å². The van der Waals surface area contributed by atoms with Crippen LogP contribution in [0, 0.1) is 5.95 Å². The van der Waals surface area contributed by atoms with E-state index in [1.807, 2.05) is 24.3 Å². The Balaban J connectivity index is 1.55. The third kappa shape index (κ3) is 3.13. The van der Waals surface area contributed by atoms with Gasteiger partial charge in [-0.05, 0) is 52.1 Å². The van der Waals surface area contributed by atoms with Crippen molar-refractivity contribution in [2.45, 2.75) is 17.7 Å². The van der Waals surface area contributed by atoms with Gasteiger partial charge in [-0.3, -0.25) is 9.69 Å². The average molecular weight is 444 g/mol. The highest BCUT2D eigenvalue weighted by Gasteiger charge is 2.50. The van der Waals surface area contributed by atoms with Crippen LogP contribution >= 0.6 is 0 Å². The summed E-state index contributed by atoms with van der Waals surface area (Å²) in [4.78, 5) is 23.5. The van der Waals surface area contributed by atoms with E-state index in [4.69, 9.17) is 15.2 Å². The van der Waals surface area contributed by atoms with Crippen molar-refractivity contribution in [3.63, 3.8) is 0 Å². The number of aromatic nitrogens is 1. The number of carbonyl (C=O) groups is 1. The van der Waals surface area contributed by atoms with Crippen LogP contribution in [0.5, 0.6) is 0 Å². The van der Waals surface area contributed by atoms with Crippen LogP contribution in [-0.4, -0.2) is 42.0 Å². The lowest BCUT2D eigenvalue weighted by atomic mass is 9.80. The summed E-state index contributed by atoms with van der Waals surface area (Å²) in [5, 5.41) is 0. The van der Waals surface area contributed by atoms with Gasteiger partial charge in [0.2, 0.25) is 5.95 Å². The molecule has 1 amide bonds. The van der Waals surface area contributed by atoms with Crippen molar-refractivity contribution in [3.05, 3.63) is 89.0 Å². The lowest BCUT2D eigenvalue weighted by molar-refractivity contribution is -0.129. The number of pyridine rings is 1. The molecule has 6 rings (SSSR count).